The summed E-state index contributed by atoms with van der Waals surface area (Å²) in [6.07, 6.45) is 0.895. The van der Waals surface area contributed by atoms with E-state index in [1.165, 1.54) is 4.90 Å². The molecule has 0 spiro atoms. The van der Waals surface area contributed by atoms with Gasteiger partial charge in [0.15, 0.2) is 0 Å². The number of para-hydroxylation sites is 1. The summed E-state index contributed by atoms with van der Waals surface area (Å²) in [5.74, 6) is -2.13. The number of hydrogen-bond acceptors (Lipinski definition) is 3. The number of rotatable bonds is 2. The van der Waals surface area contributed by atoms with Crippen molar-refractivity contribution in [3.8, 4) is 0 Å². The first-order chi connectivity index (χ1) is 14.6. The summed E-state index contributed by atoms with van der Waals surface area (Å²) in [6.45, 7) is 0. The highest BCUT2D eigenvalue weighted by Crippen LogP contribution is 2.63. The Kier molecular flexibility index (Phi) is 3.55. The topological polar surface area (TPSA) is 54.5 Å². The molecule has 0 aromatic heterocycles. The highest BCUT2D eigenvalue weighted by Gasteiger charge is 2.68. The molecule has 0 saturated carbocycles. The molecule has 2 unspecified atom stereocenters. The minimum Gasteiger partial charge on any atom is -0.302 e. The molecule has 0 N–H and O–H groups in total. The second-order valence-electron chi connectivity index (χ2n) is 8.11. The molecule has 5 heteroatoms. The Balaban J connectivity index is 1.67. The molecular formula is C25H16BrNO3. The van der Waals surface area contributed by atoms with Crippen molar-refractivity contribution in [3.05, 3.63) is 99.5 Å². The highest BCUT2D eigenvalue weighted by atomic mass is 79.9. The van der Waals surface area contributed by atoms with Crippen molar-refractivity contribution in [3.63, 3.8) is 0 Å². The third kappa shape index (κ3) is 1.89. The molecule has 1 aliphatic heterocycles. The second kappa shape index (κ2) is 5.99. The van der Waals surface area contributed by atoms with Crippen molar-refractivity contribution in [2.24, 2.45) is 11.8 Å². The largest absolute Gasteiger partial charge is 0.302 e. The van der Waals surface area contributed by atoms with Gasteiger partial charge in [0, 0.05) is 10.4 Å². The van der Waals surface area contributed by atoms with E-state index in [4.69, 9.17) is 0 Å². The maximum Gasteiger partial charge on any atom is 0.239 e. The van der Waals surface area contributed by atoms with E-state index in [-0.39, 0.29) is 17.7 Å². The van der Waals surface area contributed by atoms with Gasteiger partial charge < -0.3 is 4.79 Å². The Morgan fingerprint density at radius 1 is 0.800 bits per heavy atom. The zero-order valence-electron chi connectivity index (χ0n) is 15.8. The van der Waals surface area contributed by atoms with Crippen LogP contribution in [-0.2, 0) is 19.8 Å². The summed E-state index contributed by atoms with van der Waals surface area (Å²) >= 11 is 3.48. The summed E-state index contributed by atoms with van der Waals surface area (Å²) < 4.78 is 0.674. The molecular weight excluding hydrogens is 442 g/mol. The van der Waals surface area contributed by atoms with E-state index < -0.39 is 17.3 Å². The lowest BCUT2D eigenvalue weighted by Crippen LogP contribution is -2.54. The van der Waals surface area contributed by atoms with Crippen molar-refractivity contribution < 1.29 is 14.4 Å². The average molecular weight is 458 g/mol. The zero-order chi connectivity index (χ0) is 20.6. The highest BCUT2D eigenvalue weighted by molar-refractivity contribution is 9.10. The van der Waals surface area contributed by atoms with Gasteiger partial charge in [-0.1, -0.05) is 60.7 Å². The number of anilines is 1. The molecule has 1 saturated heterocycles. The van der Waals surface area contributed by atoms with Crippen LogP contribution < -0.4 is 4.90 Å². The number of benzene rings is 3. The van der Waals surface area contributed by atoms with Gasteiger partial charge in [-0.3, -0.25) is 9.59 Å². The monoisotopic (exact) mass is 457 g/mol. The van der Waals surface area contributed by atoms with Crippen LogP contribution in [0.5, 0.6) is 0 Å². The van der Waals surface area contributed by atoms with E-state index in [2.05, 4.69) is 15.9 Å². The number of aldehydes is 1. The lowest BCUT2D eigenvalue weighted by molar-refractivity contribution is -0.128. The van der Waals surface area contributed by atoms with Gasteiger partial charge >= 0.3 is 0 Å². The SMILES string of the molecule is O=CC12c3ccccc3C(c3ccccc31)C1C(=O)N(c3ccccc3Br)C(=O)C12. The van der Waals surface area contributed by atoms with Gasteiger partial charge in [-0.05, 0) is 50.3 Å². The first-order valence-corrected chi connectivity index (χ1v) is 10.7. The normalized spacial score (nSPS) is 28.2. The number of carbonyl (C=O) groups is 3. The van der Waals surface area contributed by atoms with Crippen molar-refractivity contribution in [1.82, 2.24) is 0 Å². The molecule has 2 amide bonds. The second-order valence-corrected chi connectivity index (χ2v) is 8.96. The maximum atomic E-state index is 13.8. The Labute approximate surface area is 181 Å². The molecule has 3 aromatic carbocycles. The van der Waals surface area contributed by atoms with Crippen LogP contribution in [0.25, 0.3) is 0 Å². The molecule has 2 atom stereocenters. The third-order valence-corrected chi connectivity index (χ3v) is 7.63. The summed E-state index contributed by atoms with van der Waals surface area (Å²) in [5, 5.41) is 0. The van der Waals surface area contributed by atoms with E-state index in [1.807, 2.05) is 60.7 Å². The van der Waals surface area contributed by atoms with Gasteiger partial charge in [0.05, 0.1) is 22.9 Å². The standard InChI is InChI=1S/C25H16BrNO3/c26-18-11-5-6-12-19(18)27-23(29)21-20-14-7-1-3-9-16(14)25(13-28,22(21)24(27)30)17-10-4-2-8-15(17)20/h1-13,20-22H. The number of amides is 2. The van der Waals surface area contributed by atoms with Crippen LogP contribution in [0, 0.1) is 11.8 Å². The van der Waals surface area contributed by atoms with Crippen molar-refractivity contribution >= 4 is 39.7 Å². The number of hydrogen-bond donors (Lipinski definition) is 0. The number of carbonyl (C=O) groups excluding carboxylic acids is 3. The van der Waals surface area contributed by atoms with Crippen LogP contribution in [0.15, 0.2) is 77.3 Å². The quantitative estimate of drug-likeness (QED) is 0.428. The van der Waals surface area contributed by atoms with Crippen LogP contribution in [-0.4, -0.2) is 18.1 Å². The Morgan fingerprint density at radius 2 is 1.37 bits per heavy atom. The first kappa shape index (κ1) is 17.8. The predicted octanol–water partition coefficient (Wildman–Crippen LogP) is 4.20. The summed E-state index contributed by atoms with van der Waals surface area (Å²) in [4.78, 5) is 41.7. The van der Waals surface area contributed by atoms with Crippen LogP contribution in [0.1, 0.15) is 28.2 Å². The van der Waals surface area contributed by atoms with Gasteiger partial charge in [0.25, 0.3) is 0 Å². The van der Waals surface area contributed by atoms with E-state index in [9.17, 15) is 14.4 Å². The minimum absolute atomic E-state index is 0.239. The fourth-order valence-corrected chi connectivity index (χ4v) is 6.36. The first-order valence-electron chi connectivity index (χ1n) is 9.88. The number of halogens is 1. The molecule has 3 aromatic rings. The number of imide groups is 1. The maximum absolute atomic E-state index is 13.8. The van der Waals surface area contributed by atoms with Gasteiger partial charge in [-0.15, -0.1) is 0 Å². The van der Waals surface area contributed by atoms with Gasteiger partial charge in [-0.2, -0.15) is 0 Å². The van der Waals surface area contributed by atoms with E-state index >= 15 is 0 Å². The molecule has 7 rings (SSSR count). The lowest BCUT2D eigenvalue weighted by atomic mass is 9.48. The van der Waals surface area contributed by atoms with E-state index in [0.29, 0.717) is 10.2 Å². The summed E-state index contributed by atoms with van der Waals surface area (Å²) in [5.41, 5.74) is 3.00. The van der Waals surface area contributed by atoms with Crippen molar-refractivity contribution in [1.29, 1.82) is 0 Å². The predicted molar refractivity (Wildman–Crippen MR) is 115 cm³/mol. The Hall–Kier alpha value is -3.05. The zero-order valence-corrected chi connectivity index (χ0v) is 17.4. The third-order valence-electron chi connectivity index (χ3n) is 6.96. The smallest absolute Gasteiger partial charge is 0.239 e. The minimum atomic E-state index is -1.16. The number of nitrogens with zero attached hydrogens (tertiary/aromatic N) is 1. The molecule has 0 radical (unpaired) electrons. The summed E-state index contributed by atoms with van der Waals surface area (Å²) in [6, 6.07) is 22.7. The lowest BCUT2D eigenvalue weighted by Gasteiger charge is -2.51. The molecule has 30 heavy (non-hydrogen) atoms. The van der Waals surface area contributed by atoms with Gasteiger partial charge in [0.2, 0.25) is 11.8 Å². The van der Waals surface area contributed by atoms with Gasteiger partial charge in [-0.25, -0.2) is 4.90 Å². The van der Waals surface area contributed by atoms with E-state index in [0.717, 1.165) is 28.5 Å². The molecule has 4 aliphatic rings. The fourth-order valence-electron chi connectivity index (χ4n) is 5.90. The van der Waals surface area contributed by atoms with Crippen LogP contribution in [0.3, 0.4) is 0 Å². The molecule has 4 nitrogen and oxygen atoms in total. The van der Waals surface area contributed by atoms with E-state index in [1.54, 1.807) is 12.1 Å². The Morgan fingerprint density at radius 3 is 1.97 bits per heavy atom. The van der Waals surface area contributed by atoms with Crippen LogP contribution >= 0.6 is 15.9 Å². The molecule has 146 valence electrons. The summed E-state index contributed by atoms with van der Waals surface area (Å²) in [7, 11) is 0. The van der Waals surface area contributed by atoms with Crippen LogP contribution in [0.4, 0.5) is 5.69 Å². The van der Waals surface area contributed by atoms with Crippen LogP contribution in [0.2, 0.25) is 0 Å². The van der Waals surface area contributed by atoms with Crippen molar-refractivity contribution in [2.75, 3.05) is 4.90 Å². The molecule has 1 fully saturated rings. The van der Waals surface area contributed by atoms with Gasteiger partial charge in [0.1, 0.15) is 6.29 Å². The molecule has 3 aliphatic carbocycles. The average Bonchev–Trinajstić information content (AvgIpc) is 3.05. The van der Waals surface area contributed by atoms with Crippen molar-refractivity contribution in [2.45, 2.75) is 11.3 Å². The molecule has 1 heterocycles. The fraction of sp³-hybridized carbons (Fsp3) is 0.160. The Bertz CT molecular complexity index is 1220. The molecule has 2 bridgehead atoms.